The summed E-state index contributed by atoms with van der Waals surface area (Å²) in [7, 11) is 0. The first-order chi connectivity index (χ1) is 10.1. The van der Waals surface area contributed by atoms with Crippen LogP contribution in [-0.4, -0.2) is 5.11 Å². The maximum Gasteiger partial charge on any atom is 0.0851 e. The van der Waals surface area contributed by atoms with Gasteiger partial charge in [-0.1, -0.05) is 52.7 Å². The lowest BCUT2D eigenvalue weighted by Gasteiger charge is -2.36. The fourth-order valence-corrected chi connectivity index (χ4v) is 4.20. The molecule has 0 spiro atoms. The summed E-state index contributed by atoms with van der Waals surface area (Å²) in [5.41, 5.74) is 5.55. The molecule has 1 heteroatoms. The molecule has 0 radical (unpaired) electrons. The van der Waals surface area contributed by atoms with Crippen LogP contribution in [0.25, 0.3) is 0 Å². The van der Waals surface area contributed by atoms with E-state index >= 15 is 0 Å². The molecule has 1 aromatic rings. The summed E-state index contributed by atoms with van der Waals surface area (Å²) in [5.74, 6) is 0. The highest BCUT2D eigenvalue weighted by Gasteiger charge is 2.41. The summed E-state index contributed by atoms with van der Waals surface area (Å²) in [6, 6.07) is 4.66. The third-order valence-corrected chi connectivity index (χ3v) is 5.74. The molecule has 0 aromatic heterocycles. The van der Waals surface area contributed by atoms with Crippen LogP contribution in [0.15, 0.2) is 12.1 Å². The molecule has 1 aromatic carbocycles. The van der Waals surface area contributed by atoms with Gasteiger partial charge in [-0.2, -0.15) is 0 Å². The van der Waals surface area contributed by atoms with Crippen molar-refractivity contribution in [3.8, 4) is 0 Å². The van der Waals surface area contributed by atoms with Gasteiger partial charge in [0.25, 0.3) is 0 Å². The lowest BCUT2D eigenvalue weighted by molar-refractivity contribution is 0.0225. The summed E-state index contributed by atoms with van der Waals surface area (Å²) in [5, 5.41) is 11.3. The number of benzene rings is 1. The zero-order chi connectivity index (χ0) is 15.5. The largest absolute Gasteiger partial charge is 0.388 e. The second kappa shape index (κ2) is 6.96. The fourth-order valence-electron chi connectivity index (χ4n) is 4.20. The van der Waals surface area contributed by atoms with E-state index in [1.165, 1.54) is 47.9 Å². The normalized spacial score (nSPS) is 18.9. The molecular weight excluding hydrogens is 256 g/mol. The average molecular weight is 288 g/mol. The van der Waals surface area contributed by atoms with Crippen LogP contribution in [0, 0.1) is 5.41 Å². The van der Waals surface area contributed by atoms with E-state index < -0.39 is 0 Å². The van der Waals surface area contributed by atoms with E-state index in [9.17, 15) is 5.11 Å². The minimum absolute atomic E-state index is 0.127. The molecule has 2 rings (SSSR count). The number of aryl methyl sites for hydroxylation is 3. The Morgan fingerprint density at radius 3 is 1.86 bits per heavy atom. The summed E-state index contributed by atoms with van der Waals surface area (Å²) in [4.78, 5) is 0. The Labute approximate surface area is 130 Å². The molecule has 1 unspecified atom stereocenters. The second-order valence-corrected chi connectivity index (χ2v) is 6.71. The minimum atomic E-state index is -0.277. The van der Waals surface area contributed by atoms with Crippen molar-refractivity contribution in [1.82, 2.24) is 0 Å². The summed E-state index contributed by atoms with van der Waals surface area (Å²) in [6.07, 6.45) is 8.87. The van der Waals surface area contributed by atoms with Gasteiger partial charge >= 0.3 is 0 Å². The van der Waals surface area contributed by atoms with E-state index in [2.05, 4.69) is 39.8 Å². The van der Waals surface area contributed by atoms with E-state index in [4.69, 9.17) is 0 Å². The van der Waals surface area contributed by atoms with E-state index in [1.807, 2.05) is 0 Å². The Morgan fingerprint density at radius 1 is 0.952 bits per heavy atom. The van der Waals surface area contributed by atoms with Crippen molar-refractivity contribution >= 4 is 0 Å². The molecule has 0 heterocycles. The second-order valence-electron chi connectivity index (χ2n) is 6.71. The topological polar surface area (TPSA) is 20.2 Å². The Balaban J connectivity index is 2.50. The van der Waals surface area contributed by atoms with Crippen LogP contribution in [0.4, 0.5) is 0 Å². The quantitative estimate of drug-likeness (QED) is 0.745. The molecule has 1 fully saturated rings. The summed E-state index contributed by atoms with van der Waals surface area (Å²) >= 11 is 0. The molecule has 0 amide bonds. The van der Waals surface area contributed by atoms with Crippen LogP contribution < -0.4 is 0 Å². The lowest BCUT2D eigenvalue weighted by atomic mass is 9.72. The summed E-state index contributed by atoms with van der Waals surface area (Å²) in [6.45, 7) is 8.91. The van der Waals surface area contributed by atoms with Gasteiger partial charge in [-0.05, 0) is 60.8 Å². The van der Waals surface area contributed by atoms with Crippen LogP contribution in [0.5, 0.6) is 0 Å². The SMILES string of the molecule is CCc1cc(CC)c(C(O)C2(CC)CCCC2)c(CC)c1. The standard InChI is InChI=1S/C20H32O/c1-5-15-13-16(6-2)18(17(7-3)14-15)19(21)20(8-4)11-9-10-12-20/h13-14,19,21H,5-12H2,1-4H3. The van der Waals surface area contributed by atoms with Gasteiger partial charge in [0, 0.05) is 5.41 Å². The van der Waals surface area contributed by atoms with Crippen molar-refractivity contribution in [3.05, 3.63) is 34.4 Å². The highest BCUT2D eigenvalue weighted by atomic mass is 16.3. The highest BCUT2D eigenvalue weighted by molar-refractivity contribution is 5.42. The van der Waals surface area contributed by atoms with Crippen molar-refractivity contribution < 1.29 is 5.11 Å². The molecule has 21 heavy (non-hydrogen) atoms. The molecule has 1 aliphatic rings. The van der Waals surface area contributed by atoms with E-state index in [1.54, 1.807) is 0 Å². The van der Waals surface area contributed by atoms with Crippen molar-refractivity contribution in [2.24, 2.45) is 5.41 Å². The average Bonchev–Trinajstić information content (AvgIpc) is 3.02. The van der Waals surface area contributed by atoms with Gasteiger partial charge in [-0.25, -0.2) is 0 Å². The van der Waals surface area contributed by atoms with Gasteiger partial charge in [0.2, 0.25) is 0 Å². The number of aliphatic hydroxyl groups excluding tert-OH is 1. The van der Waals surface area contributed by atoms with E-state index in [0.717, 1.165) is 25.7 Å². The Morgan fingerprint density at radius 2 is 1.48 bits per heavy atom. The van der Waals surface area contributed by atoms with Gasteiger partial charge < -0.3 is 5.11 Å². The van der Waals surface area contributed by atoms with Crippen LogP contribution in [0.3, 0.4) is 0 Å². The first kappa shape index (κ1) is 16.5. The van der Waals surface area contributed by atoms with Crippen LogP contribution in [0.1, 0.15) is 88.2 Å². The Bertz CT molecular complexity index is 444. The predicted octanol–water partition coefficient (Wildman–Crippen LogP) is 5.38. The van der Waals surface area contributed by atoms with Crippen molar-refractivity contribution in [2.75, 3.05) is 0 Å². The number of aliphatic hydroxyl groups is 1. The third-order valence-electron chi connectivity index (χ3n) is 5.74. The number of rotatable bonds is 6. The third kappa shape index (κ3) is 3.04. The molecule has 0 bridgehead atoms. The predicted molar refractivity (Wildman–Crippen MR) is 90.7 cm³/mol. The molecular formula is C20H32O. The van der Waals surface area contributed by atoms with Gasteiger partial charge in [-0.15, -0.1) is 0 Å². The van der Waals surface area contributed by atoms with Crippen LogP contribution >= 0.6 is 0 Å². The molecule has 0 aliphatic heterocycles. The Hall–Kier alpha value is -0.820. The molecule has 1 aliphatic carbocycles. The van der Waals surface area contributed by atoms with Crippen molar-refractivity contribution in [3.63, 3.8) is 0 Å². The molecule has 0 saturated heterocycles. The van der Waals surface area contributed by atoms with Crippen molar-refractivity contribution in [1.29, 1.82) is 0 Å². The van der Waals surface area contributed by atoms with Crippen LogP contribution in [-0.2, 0) is 19.3 Å². The first-order valence-electron chi connectivity index (χ1n) is 8.94. The molecule has 1 nitrogen and oxygen atoms in total. The van der Waals surface area contributed by atoms with Gasteiger partial charge in [-0.3, -0.25) is 0 Å². The zero-order valence-electron chi connectivity index (χ0n) is 14.3. The highest BCUT2D eigenvalue weighted by Crippen LogP contribution is 2.51. The number of hydrogen-bond acceptors (Lipinski definition) is 1. The van der Waals surface area contributed by atoms with Crippen molar-refractivity contribution in [2.45, 2.75) is 85.2 Å². The monoisotopic (exact) mass is 288 g/mol. The fraction of sp³-hybridized carbons (Fsp3) is 0.700. The molecule has 118 valence electrons. The maximum absolute atomic E-state index is 11.3. The smallest absolute Gasteiger partial charge is 0.0851 e. The maximum atomic E-state index is 11.3. The van der Waals surface area contributed by atoms with E-state index in [0.29, 0.717) is 0 Å². The van der Waals surface area contributed by atoms with Gasteiger partial charge in [0.05, 0.1) is 6.10 Å². The summed E-state index contributed by atoms with van der Waals surface area (Å²) < 4.78 is 0. The minimum Gasteiger partial charge on any atom is -0.388 e. The first-order valence-corrected chi connectivity index (χ1v) is 8.94. The number of hydrogen-bond donors (Lipinski definition) is 1. The zero-order valence-corrected chi connectivity index (χ0v) is 14.3. The molecule has 1 saturated carbocycles. The molecule has 1 N–H and O–H groups in total. The molecule has 1 atom stereocenters. The van der Waals surface area contributed by atoms with Gasteiger partial charge in [0.15, 0.2) is 0 Å². The lowest BCUT2D eigenvalue weighted by Crippen LogP contribution is -2.27. The van der Waals surface area contributed by atoms with E-state index in [-0.39, 0.29) is 11.5 Å². The van der Waals surface area contributed by atoms with Crippen LogP contribution in [0.2, 0.25) is 0 Å². The van der Waals surface area contributed by atoms with Gasteiger partial charge in [0.1, 0.15) is 0 Å². The Kier molecular flexibility index (Phi) is 5.48.